The molecule has 5 nitrogen and oxygen atoms in total. The van der Waals surface area contributed by atoms with Crippen LogP contribution in [0.1, 0.15) is 16.3 Å². The first-order valence-electron chi connectivity index (χ1n) is 8.32. The summed E-state index contributed by atoms with van der Waals surface area (Å²) in [5.41, 5.74) is 0.298. The third kappa shape index (κ3) is 3.50. The van der Waals surface area contributed by atoms with Crippen LogP contribution in [-0.4, -0.2) is 10.9 Å². The van der Waals surface area contributed by atoms with Crippen LogP contribution in [0.3, 0.4) is 0 Å². The molecule has 6 heteroatoms. The van der Waals surface area contributed by atoms with Gasteiger partial charge in [0.1, 0.15) is 23.2 Å². The summed E-state index contributed by atoms with van der Waals surface area (Å²) in [6.45, 7) is 0.193. The maximum absolute atomic E-state index is 14.0. The first-order valence-corrected chi connectivity index (χ1v) is 8.32. The molecule has 0 fully saturated rings. The molecule has 1 aromatic carbocycles. The van der Waals surface area contributed by atoms with Gasteiger partial charge in [0.05, 0.1) is 18.4 Å². The van der Waals surface area contributed by atoms with E-state index in [1.165, 1.54) is 17.0 Å². The van der Waals surface area contributed by atoms with Gasteiger partial charge in [-0.1, -0.05) is 18.2 Å². The van der Waals surface area contributed by atoms with Crippen LogP contribution in [0.2, 0.25) is 0 Å². The van der Waals surface area contributed by atoms with Gasteiger partial charge in [-0.05, 0) is 48.5 Å². The number of hydrogen-bond acceptors (Lipinski definition) is 4. The van der Waals surface area contributed by atoms with Crippen molar-refractivity contribution in [2.45, 2.75) is 6.54 Å². The molecular formula is C21H15FN2O3. The summed E-state index contributed by atoms with van der Waals surface area (Å²) in [7, 11) is 0. The topological polar surface area (TPSA) is 59.5 Å². The summed E-state index contributed by atoms with van der Waals surface area (Å²) >= 11 is 0. The van der Waals surface area contributed by atoms with Gasteiger partial charge in [0.25, 0.3) is 5.91 Å². The number of carbonyl (C=O) groups excluding carboxylic acids is 1. The summed E-state index contributed by atoms with van der Waals surface area (Å²) in [5.74, 6) is 0.634. The number of carbonyl (C=O) groups is 1. The lowest BCUT2D eigenvalue weighted by atomic mass is 10.1. The molecule has 0 aliphatic heterocycles. The van der Waals surface area contributed by atoms with Crippen molar-refractivity contribution < 1.29 is 18.0 Å². The van der Waals surface area contributed by atoms with Crippen LogP contribution in [0.15, 0.2) is 88.0 Å². The number of benzene rings is 1. The second kappa shape index (κ2) is 7.29. The van der Waals surface area contributed by atoms with Crippen LogP contribution in [0.25, 0.3) is 11.3 Å². The van der Waals surface area contributed by atoms with E-state index in [0.717, 1.165) is 0 Å². The molecule has 3 heterocycles. The van der Waals surface area contributed by atoms with Crippen molar-refractivity contribution in [1.82, 2.24) is 4.98 Å². The Balaban J connectivity index is 1.67. The van der Waals surface area contributed by atoms with E-state index in [1.807, 2.05) is 0 Å². The van der Waals surface area contributed by atoms with E-state index in [9.17, 15) is 9.18 Å². The van der Waals surface area contributed by atoms with Gasteiger partial charge in [-0.2, -0.15) is 0 Å². The lowest BCUT2D eigenvalue weighted by Gasteiger charge is -2.19. The Bertz CT molecular complexity index is 1040. The number of nitrogens with zero attached hydrogens (tertiary/aromatic N) is 2. The highest BCUT2D eigenvalue weighted by Gasteiger charge is 2.23. The minimum Gasteiger partial charge on any atom is -0.467 e. The molecule has 4 aromatic rings. The van der Waals surface area contributed by atoms with Crippen LogP contribution in [0.4, 0.5) is 10.2 Å². The summed E-state index contributed by atoms with van der Waals surface area (Å²) in [6, 6.07) is 18.2. The highest BCUT2D eigenvalue weighted by atomic mass is 19.1. The number of pyridine rings is 1. The summed E-state index contributed by atoms with van der Waals surface area (Å²) in [5, 5.41) is 0. The molecule has 4 rings (SSSR count). The largest absolute Gasteiger partial charge is 0.467 e. The molecule has 3 aromatic heterocycles. The fourth-order valence-corrected chi connectivity index (χ4v) is 2.72. The number of aromatic nitrogens is 1. The minimum atomic E-state index is -0.414. The van der Waals surface area contributed by atoms with Crippen LogP contribution in [-0.2, 0) is 6.54 Å². The molecule has 27 heavy (non-hydrogen) atoms. The van der Waals surface area contributed by atoms with Crippen molar-refractivity contribution in [3.05, 3.63) is 96.5 Å². The molecule has 0 spiro atoms. The molecule has 0 aliphatic carbocycles. The Labute approximate surface area is 154 Å². The maximum atomic E-state index is 14.0. The number of anilines is 1. The zero-order valence-corrected chi connectivity index (χ0v) is 14.2. The van der Waals surface area contributed by atoms with E-state index >= 15 is 0 Å². The highest BCUT2D eigenvalue weighted by Crippen LogP contribution is 2.26. The number of rotatable bonds is 5. The Kier molecular flexibility index (Phi) is 4.53. The van der Waals surface area contributed by atoms with Gasteiger partial charge in [-0.25, -0.2) is 9.37 Å². The zero-order valence-electron chi connectivity index (χ0n) is 14.2. The van der Waals surface area contributed by atoms with Crippen molar-refractivity contribution >= 4 is 11.7 Å². The summed E-state index contributed by atoms with van der Waals surface area (Å²) in [6.07, 6.45) is 3.14. The summed E-state index contributed by atoms with van der Waals surface area (Å²) < 4.78 is 25.0. The van der Waals surface area contributed by atoms with Gasteiger partial charge in [-0.3, -0.25) is 9.69 Å². The van der Waals surface area contributed by atoms with Crippen molar-refractivity contribution in [3.63, 3.8) is 0 Å². The van der Waals surface area contributed by atoms with Gasteiger partial charge in [0, 0.05) is 6.20 Å². The van der Waals surface area contributed by atoms with Crippen molar-refractivity contribution in [3.8, 4) is 11.3 Å². The zero-order chi connectivity index (χ0) is 18.6. The Morgan fingerprint density at radius 2 is 1.85 bits per heavy atom. The Morgan fingerprint density at radius 1 is 1.00 bits per heavy atom. The molecule has 0 bridgehead atoms. The molecule has 0 unspecified atom stereocenters. The second-order valence-electron chi connectivity index (χ2n) is 5.80. The normalized spacial score (nSPS) is 10.7. The number of halogens is 1. The van der Waals surface area contributed by atoms with Crippen LogP contribution in [0, 0.1) is 5.82 Å². The molecule has 134 valence electrons. The van der Waals surface area contributed by atoms with E-state index in [4.69, 9.17) is 8.83 Å². The highest BCUT2D eigenvalue weighted by molar-refractivity contribution is 6.03. The monoisotopic (exact) mass is 362 g/mol. The molecule has 0 atom stereocenters. The molecule has 0 saturated carbocycles. The van der Waals surface area contributed by atoms with Gasteiger partial charge < -0.3 is 8.83 Å². The smallest absolute Gasteiger partial charge is 0.295 e. The molecule has 0 radical (unpaired) electrons. The quantitative estimate of drug-likeness (QED) is 0.506. The van der Waals surface area contributed by atoms with Gasteiger partial charge >= 0.3 is 0 Å². The first kappa shape index (κ1) is 16.8. The van der Waals surface area contributed by atoms with Crippen LogP contribution < -0.4 is 4.90 Å². The lowest BCUT2D eigenvalue weighted by molar-refractivity contribution is 0.0956. The van der Waals surface area contributed by atoms with Gasteiger partial charge in [0.2, 0.25) is 0 Å². The molecule has 0 N–H and O–H groups in total. The van der Waals surface area contributed by atoms with Crippen LogP contribution >= 0.6 is 0 Å². The van der Waals surface area contributed by atoms with Crippen LogP contribution in [0.5, 0.6) is 0 Å². The Hall–Kier alpha value is -3.67. The predicted molar refractivity (Wildman–Crippen MR) is 97.6 cm³/mol. The molecule has 0 saturated heterocycles. The number of furan rings is 2. The average molecular weight is 362 g/mol. The SMILES string of the molecule is O=C(c1ccc(-c2ccccc2F)o1)N(Cc1ccco1)c1ccccn1. The van der Waals surface area contributed by atoms with E-state index in [1.54, 1.807) is 67.1 Å². The molecule has 0 aliphatic rings. The third-order valence-corrected chi connectivity index (χ3v) is 4.02. The molecule has 1 amide bonds. The average Bonchev–Trinajstić information content (AvgIpc) is 3.39. The first-order chi connectivity index (χ1) is 13.2. The fraction of sp³-hybridized carbons (Fsp3) is 0.0476. The third-order valence-electron chi connectivity index (χ3n) is 4.02. The van der Waals surface area contributed by atoms with Crippen molar-refractivity contribution in [1.29, 1.82) is 0 Å². The standard InChI is InChI=1S/C21H15FN2O3/c22-17-8-2-1-7-16(17)18-10-11-19(27-18)21(25)24(14-15-6-5-13-26-15)20-9-3-4-12-23-20/h1-13H,14H2. The fourth-order valence-electron chi connectivity index (χ4n) is 2.72. The predicted octanol–water partition coefficient (Wildman–Crippen LogP) is 4.92. The van der Waals surface area contributed by atoms with E-state index in [2.05, 4.69) is 4.98 Å². The van der Waals surface area contributed by atoms with Crippen molar-refractivity contribution in [2.24, 2.45) is 0 Å². The maximum Gasteiger partial charge on any atom is 0.295 e. The van der Waals surface area contributed by atoms with E-state index in [0.29, 0.717) is 17.1 Å². The lowest BCUT2D eigenvalue weighted by Crippen LogP contribution is -2.30. The van der Waals surface area contributed by atoms with Gasteiger partial charge in [0.15, 0.2) is 5.76 Å². The number of amides is 1. The minimum absolute atomic E-state index is 0.0884. The second-order valence-corrected chi connectivity index (χ2v) is 5.80. The van der Waals surface area contributed by atoms with E-state index in [-0.39, 0.29) is 18.1 Å². The van der Waals surface area contributed by atoms with E-state index < -0.39 is 11.7 Å². The van der Waals surface area contributed by atoms with Gasteiger partial charge in [-0.15, -0.1) is 0 Å². The Morgan fingerprint density at radius 3 is 2.59 bits per heavy atom. The number of hydrogen-bond donors (Lipinski definition) is 0. The molecular weight excluding hydrogens is 347 g/mol. The van der Waals surface area contributed by atoms with Crippen molar-refractivity contribution in [2.75, 3.05) is 4.90 Å². The summed E-state index contributed by atoms with van der Waals surface area (Å²) in [4.78, 5) is 18.8.